The highest BCUT2D eigenvalue weighted by Gasteiger charge is 2.39. The number of allylic oxidation sites excluding steroid dienone is 1. The smallest absolute Gasteiger partial charge is 0.333 e. The lowest BCUT2D eigenvalue weighted by Gasteiger charge is -2.37. The minimum atomic E-state index is -1.88. The van der Waals surface area contributed by atoms with Gasteiger partial charge < -0.3 is 9.16 Å². The molecule has 1 rings (SSSR count). The Balaban J connectivity index is 2.95. The van der Waals surface area contributed by atoms with Crippen molar-refractivity contribution in [2.75, 3.05) is 6.61 Å². The molecule has 0 saturated heterocycles. The lowest BCUT2D eigenvalue weighted by Crippen LogP contribution is -2.44. The van der Waals surface area contributed by atoms with E-state index in [0.717, 1.165) is 11.3 Å². The Labute approximate surface area is 141 Å². The third-order valence-electron chi connectivity index (χ3n) is 4.37. The fraction of sp³-hybridized carbons (Fsp3) is 0.526. The standard InChI is InChI=1S/C19H30O3Si/c1-8-21-18(20)15(2)13-14-16-11-9-10-12-17(16)22-23(6,7)19(3,4)5/h9-13H,8,14H2,1-7H3/b15-13+. The van der Waals surface area contributed by atoms with E-state index < -0.39 is 8.32 Å². The lowest BCUT2D eigenvalue weighted by molar-refractivity contribution is -0.138. The number of esters is 1. The van der Waals surface area contributed by atoms with Crippen LogP contribution in [-0.4, -0.2) is 20.9 Å². The Hall–Kier alpha value is -1.55. The summed E-state index contributed by atoms with van der Waals surface area (Å²) in [4.78, 5) is 11.7. The number of carbonyl (C=O) groups is 1. The van der Waals surface area contributed by atoms with Gasteiger partial charge in [0.05, 0.1) is 6.61 Å². The molecule has 0 aliphatic carbocycles. The van der Waals surface area contributed by atoms with Crippen LogP contribution in [-0.2, 0) is 16.0 Å². The summed E-state index contributed by atoms with van der Waals surface area (Å²) in [6, 6.07) is 8.07. The van der Waals surface area contributed by atoms with Crippen LogP contribution in [0.2, 0.25) is 18.1 Å². The normalized spacial score (nSPS) is 12.9. The van der Waals surface area contributed by atoms with E-state index in [1.807, 2.05) is 31.2 Å². The van der Waals surface area contributed by atoms with Crippen LogP contribution in [0.1, 0.15) is 40.2 Å². The van der Waals surface area contributed by atoms with Crippen LogP contribution < -0.4 is 4.43 Å². The molecule has 4 heteroatoms. The van der Waals surface area contributed by atoms with Crippen LogP contribution >= 0.6 is 0 Å². The number of carbonyl (C=O) groups excluding carboxylic acids is 1. The van der Waals surface area contributed by atoms with E-state index >= 15 is 0 Å². The van der Waals surface area contributed by atoms with Gasteiger partial charge in [-0.15, -0.1) is 0 Å². The van der Waals surface area contributed by atoms with Crippen molar-refractivity contribution in [3.8, 4) is 5.75 Å². The molecule has 128 valence electrons. The topological polar surface area (TPSA) is 35.5 Å². The summed E-state index contributed by atoms with van der Waals surface area (Å²) in [5, 5.41) is 0.150. The highest BCUT2D eigenvalue weighted by Crippen LogP contribution is 2.38. The van der Waals surface area contributed by atoms with Crippen molar-refractivity contribution in [2.45, 2.75) is 59.2 Å². The molecule has 0 bridgehead atoms. The first-order valence-electron chi connectivity index (χ1n) is 8.19. The van der Waals surface area contributed by atoms with Crippen molar-refractivity contribution in [2.24, 2.45) is 0 Å². The van der Waals surface area contributed by atoms with Crippen molar-refractivity contribution < 1.29 is 14.0 Å². The summed E-state index contributed by atoms with van der Waals surface area (Å²) in [5.74, 6) is 0.669. The van der Waals surface area contributed by atoms with Crippen molar-refractivity contribution in [1.29, 1.82) is 0 Å². The van der Waals surface area contributed by atoms with E-state index in [4.69, 9.17) is 9.16 Å². The molecule has 1 aromatic carbocycles. The molecule has 0 amide bonds. The number of hydrogen-bond donors (Lipinski definition) is 0. The molecule has 0 spiro atoms. The molecule has 0 heterocycles. The van der Waals surface area contributed by atoms with Crippen LogP contribution in [0, 0.1) is 0 Å². The quantitative estimate of drug-likeness (QED) is 0.411. The van der Waals surface area contributed by atoms with Gasteiger partial charge in [0.1, 0.15) is 5.75 Å². The lowest BCUT2D eigenvalue weighted by atomic mass is 10.1. The summed E-state index contributed by atoms with van der Waals surface area (Å²) < 4.78 is 11.4. The molecule has 0 N–H and O–H groups in total. The molecule has 0 unspecified atom stereocenters. The molecular weight excluding hydrogens is 304 g/mol. The van der Waals surface area contributed by atoms with E-state index in [1.165, 1.54) is 0 Å². The SMILES string of the molecule is CCOC(=O)/C(C)=C/Cc1ccccc1O[Si](C)(C)C(C)(C)C. The maximum Gasteiger partial charge on any atom is 0.333 e. The minimum Gasteiger partial charge on any atom is -0.543 e. The second-order valence-corrected chi connectivity index (χ2v) is 12.0. The van der Waals surface area contributed by atoms with Gasteiger partial charge in [0.15, 0.2) is 0 Å². The molecule has 0 saturated carbocycles. The zero-order valence-corrected chi connectivity index (χ0v) is 16.5. The molecule has 0 atom stereocenters. The maximum atomic E-state index is 11.7. The van der Waals surface area contributed by atoms with Crippen LogP contribution in [0.4, 0.5) is 0 Å². The molecule has 0 radical (unpaired) electrons. The van der Waals surface area contributed by atoms with E-state index in [9.17, 15) is 4.79 Å². The van der Waals surface area contributed by atoms with Gasteiger partial charge in [0.25, 0.3) is 0 Å². The van der Waals surface area contributed by atoms with Crippen LogP contribution in [0.5, 0.6) is 5.75 Å². The fourth-order valence-corrected chi connectivity index (χ4v) is 2.85. The number of para-hydroxylation sites is 1. The van der Waals surface area contributed by atoms with Crippen LogP contribution in [0.25, 0.3) is 0 Å². The van der Waals surface area contributed by atoms with Gasteiger partial charge in [-0.1, -0.05) is 45.0 Å². The monoisotopic (exact) mass is 334 g/mol. The summed E-state index contributed by atoms with van der Waals surface area (Å²) in [5.41, 5.74) is 1.73. The second kappa shape index (κ2) is 7.82. The summed E-state index contributed by atoms with van der Waals surface area (Å²) in [6.45, 7) is 15.2. The third kappa shape index (κ3) is 5.54. The Morgan fingerprint density at radius 2 is 1.83 bits per heavy atom. The summed E-state index contributed by atoms with van der Waals surface area (Å²) in [7, 11) is -1.88. The largest absolute Gasteiger partial charge is 0.543 e. The second-order valence-electron chi connectivity index (χ2n) is 7.28. The molecule has 0 aliphatic heterocycles. The van der Waals surface area contributed by atoms with E-state index in [-0.39, 0.29) is 11.0 Å². The van der Waals surface area contributed by atoms with Crippen molar-refractivity contribution >= 4 is 14.3 Å². The average molecular weight is 335 g/mol. The first-order valence-corrected chi connectivity index (χ1v) is 11.1. The highest BCUT2D eigenvalue weighted by molar-refractivity contribution is 6.74. The predicted octanol–water partition coefficient (Wildman–Crippen LogP) is 5.12. The Kier molecular flexibility index (Phi) is 6.63. The Morgan fingerprint density at radius 1 is 1.22 bits per heavy atom. The fourth-order valence-electron chi connectivity index (χ4n) is 1.79. The molecule has 0 aromatic heterocycles. The molecule has 23 heavy (non-hydrogen) atoms. The minimum absolute atomic E-state index is 0.150. The average Bonchev–Trinajstić information content (AvgIpc) is 2.44. The number of benzene rings is 1. The van der Waals surface area contributed by atoms with Crippen LogP contribution in [0.15, 0.2) is 35.9 Å². The van der Waals surface area contributed by atoms with Crippen molar-refractivity contribution in [1.82, 2.24) is 0 Å². The van der Waals surface area contributed by atoms with Gasteiger partial charge in [-0.05, 0) is 50.0 Å². The van der Waals surface area contributed by atoms with E-state index in [2.05, 4.69) is 39.9 Å². The summed E-state index contributed by atoms with van der Waals surface area (Å²) in [6.07, 6.45) is 2.57. The first-order chi connectivity index (χ1) is 10.6. The number of hydrogen-bond acceptors (Lipinski definition) is 3. The molecule has 0 fully saturated rings. The third-order valence-corrected chi connectivity index (χ3v) is 8.71. The zero-order chi connectivity index (χ0) is 17.7. The van der Waals surface area contributed by atoms with Crippen molar-refractivity contribution in [3.05, 3.63) is 41.5 Å². The number of rotatable bonds is 6. The number of ether oxygens (including phenoxy) is 1. The van der Waals surface area contributed by atoms with E-state index in [1.54, 1.807) is 6.92 Å². The molecular formula is C19H30O3Si. The van der Waals surface area contributed by atoms with Crippen molar-refractivity contribution in [3.63, 3.8) is 0 Å². The van der Waals surface area contributed by atoms with Gasteiger partial charge in [-0.3, -0.25) is 0 Å². The van der Waals surface area contributed by atoms with Gasteiger partial charge in [0.2, 0.25) is 8.32 Å². The van der Waals surface area contributed by atoms with Gasteiger partial charge >= 0.3 is 5.97 Å². The predicted molar refractivity (Wildman–Crippen MR) is 98.4 cm³/mol. The Morgan fingerprint density at radius 3 is 2.39 bits per heavy atom. The van der Waals surface area contributed by atoms with Crippen LogP contribution in [0.3, 0.4) is 0 Å². The van der Waals surface area contributed by atoms with Gasteiger partial charge in [-0.25, -0.2) is 4.79 Å². The molecule has 0 aliphatic rings. The summed E-state index contributed by atoms with van der Waals surface area (Å²) >= 11 is 0. The molecule has 3 nitrogen and oxygen atoms in total. The highest BCUT2D eigenvalue weighted by atomic mass is 28.4. The zero-order valence-electron chi connectivity index (χ0n) is 15.5. The first kappa shape index (κ1) is 19.5. The Bertz CT molecular complexity index is 568. The van der Waals surface area contributed by atoms with Gasteiger partial charge in [0, 0.05) is 5.57 Å². The van der Waals surface area contributed by atoms with Gasteiger partial charge in [-0.2, -0.15) is 0 Å². The van der Waals surface area contributed by atoms with E-state index in [0.29, 0.717) is 18.6 Å². The molecule has 1 aromatic rings. The maximum absolute atomic E-state index is 11.7.